The maximum Gasteiger partial charge on any atom is 0.327 e. The molecule has 6 heteroatoms. The van der Waals surface area contributed by atoms with E-state index < -0.39 is 12.0 Å². The minimum Gasteiger partial charge on any atom is -0.480 e. The van der Waals surface area contributed by atoms with Gasteiger partial charge in [0.25, 0.3) is 0 Å². The van der Waals surface area contributed by atoms with Crippen molar-refractivity contribution < 1.29 is 14.7 Å². The number of nitrogens with zero attached hydrogens (tertiary/aromatic N) is 1. The van der Waals surface area contributed by atoms with Crippen molar-refractivity contribution in [3.8, 4) is 0 Å². The summed E-state index contributed by atoms with van der Waals surface area (Å²) in [5, 5.41) is 12.3. The lowest BCUT2D eigenvalue weighted by Gasteiger charge is -2.29. The normalized spacial score (nSPS) is 33.0. The second kappa shape index (κ2) is 5.27. The van der Waals surface area contributed by atoms with Crippen molar-refractivity contribution in [1.29, 1.82) is 0 Å². The van der Waals surface area contributed by atoms with Crippen molar-refractivity contribution in [2.45, 2.75) is 31.2 Å². The Kier molecular flexibility index (Phi) is 3.93. The van der Waals surface area contributed by atoms with Crippen LogP contribution in [0.15, 0.2) is 0 Å². The van der Waals surface area contributed by atoms with E-state index in [4.69, 9.17) is 5.11 Å². The Bertz CT molecular complexity index is 318. The van der Waals surface area contributed by atoms with Gasteiger partial charge in [0.2, 0.25) is 5.91 Å². The molecule has 2 aliphatic heterocycles. The smallest absolute Gasteiger partial charge is 0.327 e. The van der Waals surface area contributed by atoms with E-state index >= 15 is 0 Å². The van der Waals surface area contributed by atoms with Gasteiger partial charge in [-0.25, -0.2) is 4.79 Å². The maximum absolute atomic E-state index is 12.3. The highest BCUT2D eigenvalue weighted by Gasteiger charge is 2.43. The highest BCUT2D eigenvalue weighted by atomic mass is 32.2. The summed E-state index contributed by atoms with van der Waals surface area (Å²) in [6, 6.07) is -0.641. The summed E-state index contributed by atoms with van der Waals surface area (Å²) in [6.45, 7) is 3.53. The highest BCUT2D eigenvalue weighted by Crippen LogP contribution is 2.33. The van der Waals surface area contributed by atoms with Gasteiger partial charge in [-0.1, -0.05) is 6.92 Å². The lowest BCUT2D eigenvalue weighted by molar-refractivity contribution is -0.150. The standard InChI is InChI=1S/C11H18N2O3S/c1-2-9-13(8(6-17-9)11(15)16)10(14)7-3-4-12-5-7/h7-9,12H,2-6H2,1H3,(H,15,16). The van der Waals surface area contributed by atoms with Gasteiger partial charge in [0.1, 0.15) is 6.04 Å². The van der Waals surface area contributed by atoms with E-state index in [0.717, 1.165) is 19.4 Å². The van der Waals surface area contributed by atoms with E-state index in [1.807, 2.05) is 6.92 Å². The van der Waals surface area contributed by atoms with E-state index in [1.54, 1.807) is 16.7 Å². The molecule has 0 aromatic carbocycles. The van der Waals surface area contributed by atoms with E-state index in [0.29, 0.717) is 12.3 Å². The van der Waals surface area contributed by atoms with Gasteiger partial charge in [0.05, 0.1) is 11.3 Å². The SMILES string of the molecule is CCC1SCC(C(=O)O)N1C(=O)C1CCNC1. The van der Waals surface area contributed by atoms with Crippen LogP contribution in [0.2, 0.25) is 0 Å². The molecule has 2 heterocycles. The van der Waals surface area contributed by atoms with Crippen LogP contribution in [0.1, 0.15) is 19.8 Å². The molecule has 2 fully saturated rings. The van der Waals surface area contributed by atoms with Gasteiger partial charge < -0.3 is 15.3 Å². The molecule has 0 bridgehead atoms. The van der Waals surface area contributed by atoms with Gasteiger partial charge in [0.15, 0.2) is 0 Å². The molecule has 2 rings (SSSR count). The number of thioether (sulfide) groups is 1. The number of hydrogen-bond donors (Lipinski definition) is 2. The van der Waals surface area contributed by atoms with Gasteiger partial charge in [-0.15, -0.1) is 11.8 Å². The molecule has 5 nitrogen and oxygen atoms in total. The molecule has 2 N–H and O–H groups in total. The third kappa shape index (κ3) is 2.42. The molecule has 0 aromatic rings. The Morgan fingerprint density at radius 3 is 2.82 bits per heavy atom. The Morgan fingerprint density at radius 1 is 1.53 bits per heavy atom. The largest absolute Gasteiger partial charge is 0.480 e. The van der Waals surface area contributed by atoms with Crippen molar-refractivity contribution in [2.24, 2.45) is 5.92 Å². The average molecular weight is 258 g/mol. The molecule has 0 saturated carbocycles. The van der Waals surface area contributed by atoms with Crippen LogP contribution in [-0.2, 0) is 9.59 Å². The first-order valence-electron chi connectivity index (χ1n) is 6.02. The first kappa shape index (κ1) is 12.7. The number of carbonyl (C=O) groups is 2. The molecule has 3 atom stereocenters. The zero-order valence-electron chi connectivity index (χ0n) is 9.89. The summed E-state index contributed by atoms with van der Waals surface area (Å²) in [4.78, 5) is 25.1. The van der Waals surface area contributed by atoms with Gasteiger partial charge in [-0.3, -0.25) is 4.79 Å². The molecule has 2 saturated heterocycles. The number of amides is 1. The van der Waals surface area contributed by atoms with Crippen LogP contribution in [-0.4, -0.2) is 52.1 Å². The molecule has 3 unspecified atom stereocenters. The predicted octanol–water partition coefficient (Wildman–Crippen LogP) is 0.361. The maximum atomic E-state index is 12.3. The molecular formula is C11H18N2O3S. The fourth-order valence-corrected chi connectivity index (χ4v) is 3.79. The molecule has 0 aliphatic carbocycles. The summed E-state index contributed by atoms with van der Waals surface area (Å²) in [5.41, 5.74) is 0. The lowest BCUT2D eigenvalue weighted by Crippen LogP contribution is -2.48. The number of rotatable bonds is 3. The zero-order chi connectivity index (χ0) is 12.4. The number of carbonyl (C=O) groups excluding carboxylic acids is 1. The van der Waals surface area contributed by atoms with Gasteiger partial charge in [-0.05, 0) is 19.4 Å². The first-order chi connectivity index (χ1) is 8.15. The zero-order valence-corrected chi connectivity index (χ0v) is 10.7. The number of carboxylic acid groups (broad SMARTS) is 1. The van der Waals surface area contributed by atoms with Crippen LogP contribution in [0, 0.1) is 5.92 Å². The van der Waals surface area contributed by atoms with Gasteiger partial charge >= 0.3 is 5.97 Å². The first-order valence-corrected chi connectivity index (χ1v) is 7.07. The molecule has 0 spiro atoms. The predicted molar refractivity (Wildman–Crippen MR) is 65.8 cm³/mol. The Labute approximate surface area is 105 Å². The molecule has 0 aromatic heterocycles. The van der Waals surface area contributed by atoms with Crippen molar-refractivity contribution in [3.05, 3.63) is 0 Å². The van der Waals surface area contributed by atoms with E-state index in [-0.39, 0.29) is 17.2 Å². The molecule has 0 radical (unpaired) electrons. The summed E-state index contributed by atoms with van der Waals surface area (Å²) >= 11 is 1.58. The fraction of sp³-hybridized carbons (Fsp3) is 0.818. The number of carboxylic acids is 1. The number of nitrogens with one attached hydrogen (secondary N) is 1. The highest BCUT2D eigenvalue weighted by molar-refractivity contribution is 8.00. The molecular weight excluding hydrogens is 240 g/mol. The second-order valence-corrected chi connectivity index (χ2v) is 5.70. The number of hydrogen-bond acceptors (Lipinski definition) is 4. The molecule has 96 valence electrons. The van der Waals surface area contributed by atoms with Crippen molar-refractivity contribution in [3.63, 3.8) is 0 Å². The van der Waals surface area contributed by atoms with E-state index in [2.05, 4.69) is 5.32 Å². The molecule has 1 amide bonds. The van der Waals surface area contributed by atoms with Crippen LogP contribution in [0.5, 0.6) is 0 Å². The van der Waals surface area contributed by atoms with Crippen LogP contribution >= 0.6 is 11.8 Å². The fourth-order valence-electron chi connectivity index (χ4n) is 2.44. The third-order valence-electron chi connectivity index (χ3n) is 3.39. The molecule has 17 heavy (non-hydrogen) atoms. The van der Waals surface area contributed by atoms with Crippen molar-refractivity contribution >= 4 is 23.6 Å². The van der Waals surface area contributed by atoms with Crippen LogP contribution in [0.25, 0.3) is 0 Å². The summed E-state index contributed by atoms with van der Waals surface area (Å²) < 4.78 is 0. The second-order valence-electron chi connectivity index (χ2n) is 4.49. The van der Waals surface area contributed by atoms with Crippen molar-refractivity contribution in [2.75, 3.05) is 18.8 Å². The van der Waals surface area contributed by atoms with Gasteiger partial charge in [0, 0.05) is 12.3 Å². The minimum absolute atomic E-state index is 0.0132. The molecule has 2 aliphatic rings. The van der Waals surface area contributed by atoms with Crippen LogP contribution in [0.4, 0.5) is 0 Å². The monoisotopic (exact) mass is 258 g/mol. The Morgan fingerprint density at radius 2 is 2.29 bits per heavy atom. The summed E-state index contributed by atoms with van der Waals surface area (Å²) in [5.74, 6) is -0.392. The Hall–Kier alpha value is -0.750. The quantitative estimate of drug-likeness (QED) is 0.765. The van der Waals surface area contributed by atoms with Crippen LogP contribution in [0.3, 0.4) is 0 Å². The van der Waals surface area contributed by atoms with E-state index in [9.17, 15) is 9.59 Å². The average Bonchev–Trinajstić information content (AvgIpc) is 2.96. The lowest BCUT2D eigenvalue weighted by atomic mass is 10.1. The van der Waals surface area contributed by atoms with E-state index in [1.165, 1.54) is 0 Å². The topological polar surface area (TPSA) is 69.6 Å². The van der Waals surface area contributed by atoms with Crippen LogP contribution < -0.4 is 5.32 Å². The van der Waals surface area contributed by atoms with Gasteiger partial charge in [-0.2, -0.15) is 0 Å². The number of aliphatic carboxylic acids is 1. The Balaban J connectivity index is 2.12. The summed E-state index contributed by atoms with van der Waals surface area (Å²) in [7, 11) is 0. The van der Waals surface area contributed by atoms with Crippen molar-refractivity contribution in [1.82, 2.24) is 10.2 Å². The summed E-state index contributed by atoms with van der Waals surface area (Å²) in [6.07, 6.45) is 1.63. The third-order valence-corrected chi connectivity index (χ3v) is 4.84. The minimum atomic E-state index is -0.882.